The predicted octanol–water partition coefficient (Wildman–Crippen LogP) is 2.89. The summed E-state index contributed by atoms with van der Waals surface area (Å²) in [6.45, 7) is 4.20. The van der Waals surface area contributed by atoms with E-state index >= 15 is 0 Å². The number of aliphatic hydroxyl groups is 3. The number of thiazole rings is 1. The summed E-state index contributed by atoms with van der Waals surface area (Å²) in [4.78, 5) is 18.6. The molecule has 1 fully saturated rings. The summed E-state index contributed by atoms with van der Waals surface area (Å²) in [6, 6.07) is 11.4. The van der Waals surface area contributed by atoms with Gasteiger partial charge in [0, 0.05) is 25.3 Å². The lowest BCUT2D eigenvalue weighted by molar-refractivity contribution is 0.00446. The van der Waals surface area contributed by atoms with Crippen LogP contribution in [0.2, 0.25) is 0 Å². The van der Waals surface area contributed by atoms with Gasteiger partial charge in [-0.05, 0) is 31.9 Å². The summed E-state index contributed by atoms with van der Waals surface area (Å²) in [5.41, 5.74) is 4.25. The molecule has 0 bridgehead atoms. The van der Waals surface area contributed by atoms with E-state index in [0.717, 1.165) is 37.7 Å². The molecular weight excluding hydrogens is 464 g/mol. The smallest absolute Gasteiger partial charge is 0.225 e. The third kappa shape index (κ3) is 4.70. The number of rotatable bonds is 7. The Morgan fingerprint density at radius 2 is 1.80 bits per heavy atom. The Balaban J connectivity index is 1.53. The first-order chi connectivity index (χ1) is 16.9. The molecular formula is C25H28N6O3S. The molecule has 182 valence electrons. The van der Waals surface area contributed by atoms with Gasteiger partial charge in [-0.1, -0.05) is 30.3 Å². The van der Waals surface area contributed by atoms with Crippen LogP contribution in [0.5, 0.6) is 0 Å². The lowest BCUT2D eigenvalue weighted by atomic mass is 10.1. The number of anilines is 2. The van der Waals surface area contributed by atoms with Crippen LogP contribution in [0.15, 0.2) is 42.6 Å². The van der Waals surface area contributed by atoms with Gasteiger partial charge >= 0.3 is 0 Å². The molecule has 0 spiro atoms. The van der Waals surface area contributed by atoms with Crippen LogP contribution in [0.3, 0.4) is 0 Å². The summed E-state index contributed by atoms with van der Waals surface area (Å²) < 4.78 is 1.01. The number of hydrogen-bond acceptors (Lipinski definition) is 10. The lowest BCUT2D eigenvalue weighted by Crippen LogP contribution is -2.35. The number of pyridine rings is 1. The molecule has 0 radical (unpaired) electrons. The molecule has 1 aliphatic carbocycles. The van der Waals surface area contributed by atoms with Crippen LogP contribution in [-0.2, 0) is 6.54 Å². The normalized spacial score (nSPS) is 22.0. The van der Waals surface area contributed by atoms with Crippen LogP contribution < -0.4 is 10.6 Å². The first-order valence-corrected chi connectivity index (χ1v) is 12.4. The zero-order valence-corrected chi connectivity index (χ0v) is 20.3. The largest absolute Gasteiger partial charge is 0.396 e. The van der Waals surface area contributed by atoms with Crippen LogP contribution >= 0.6 is 11.3 Å². The topological polar surface area (TPSA) is 136 Å². The molecule has 5 N–H and O–H groups in total. The molecule has 1 aliphatic rings. The van der Waals surface area contributed by atoms with Gasteiger partial charge in [-0.2, -0.15) is 4.98 Å². The average Bonchev–Trinajstić information content (AvgIpc) is 3.40. The van der Waals surface area contributed by atoms with Crippen LogP contribution in [0.4, 0.5) is 11.8 Å². The Hall–Kier alpha value is -3.18. The Labute approximate surface area is 207 Å². The van der Waals surface area contributed by atoms with E-state index in [0.29, 0.717) is 24.7 Å². The fourth-order valence-corrected chi connectivity index (χ4v) is 5.61. The summed E-state index contributed by atoms with van der Waals surface area (Å²) in [5, 5.41) is 37.9. The number of hydrogen-bond donors (Lipinski definition) is 5. The number of fused-ring (bicyclic) bond motifs is 1. The summed E-state index contributed by atoms with van der Waals surface area (Å²) in [5.74, 6) is 0.566. The third-order valence-corrected chi connectivity index (χ3v) is 7.48. The second-order valence-electron chi connectivity index (χ2n) is 8.87. The predicted molar refractivity (Wildman–Crippen MR) is 136 cm³/mol. The van der Waals surface area contributed by atoms with E-state index in [1.807, 2.05) is 50.2 Å². The van der Waals surface area contributed by atoms with Crippen LogP contribution in [0.25, 0.3) is 20.8 Å². The second kappa shape index (κ2) is 9.82. The van der Waals surface area contributed by atoms with Gasteiger partial charge in [0.1, 0.15) is 22.4 Å². The van der Waals surface area contributed by atoms with Crippen molar-refractivity contribution in [2.75, 3.05) is 17.2 Å². The summed E-state index contributed by atoms with van der Waals surface area (Å²) >= 11 is 1.53. The molecule has 0 aliphatic heterocycles. The second-order valence-corrected chi connectivity index (χ2v) is 9.90. The maximum absolute atomic E-state index is 10.6. The molecule has 3 heterocycles. The summed E-state index contributed by atoms with van der Waals surface area (Å²) in [6.07, 6.45) is 0.148. The monoisotopic (exact) mass is 492 g/mol. The van der Waals surface area contributed by atoms with Crippen molar-refractivity contribution >= 4 is 33.3 Å². The van der Waals surface area contributed by atoms with E-state index in [4.69, 9.17) is 15.0 Å². The van der Waals surface area contributed by atoms with E-state index in [9.17, 15) is 15.3 Å². The molecule has 1 saturated carbocycles. The molecule has 9 nitrogen and oxygen atoms in total. The maximum Gasteiger partial charge on any atom is 0.225 e. The SMILES string of the molecule is Cc1nc(NCc2ccccc2)nc(N[C@@H]2C[C@H](CO)[C@@H](O)[C@H]2O)c1-c1nc2c(C)nccc2s1. The van der Waals surface area contributed by atoms with E-state index in [-0.39, 0.29) is 6.61 Å². The van der Waals surface area contributed by atoms with Gasteiger partial charge in [-0.3, -0.25) is 4.98 Å². The number of nitrogens with zero attached hydrogens (tertiary/aromatic N) is 4. The van der Waals surface area contributed by atoms with E-state index in [1.54, 1.807) is 6.20 Å². The van der Waals surface area contributed by atoms with Gasteiger partial charge in [-0.25, -0.2) is 9.97 Å². The quantitative estimate of drug-likeness (QED) is 0.264. The minimum absolute atomic E-state index is 0.194. The van der Waals surface area contributed by atoms with Crippen molar-refractivity contribution in [3.63, 3.8) is 0 Å². The highest BCUT2D eigenvalue weighted by Gasteiger charge is 2.41. The highest BCUT2D eigenvalue weighted by Crippen LogP contribution is 2.38. The van der Waals surface area contributed by atoms with Crippen molar-refractivity contribution < 1.29 is 15.3 Å². The molecule has 4 atom stereocenters. The van der Waals surface area contributed by atoms with Crippen molar-refractivity contribution in [2.24, 2.45) is 5.92 Å². The number of nitrogens with one attached hydrogen (secondary N) is 2. The molecule has 1 aromatic carbocycles. The number of aliphatic hydroxyl groups excluding tert-OH is 3. The first-order valence-electron chi connectivity index (χ1n) is 11.6. The lowest BCUT2D eigenvalue weighted by Gasteiger charge is -2.21. The molecule has 3 aromatic heterocycles. The van der Waals surface area contributed by atoms with Gasteiger partial charge in [-0.15, -0.1) is 11.3 Å². The number of benzene rings is 1. The van der Waals surface area contributed by atoms with E-state index in [2.05, 4.69) is 15.6 Å². The molecule has 35 heavy (non-hydrogen) atoms. The Kier molecular flexibility index (Phi) is 6.61. The average molecular weight is 493 g/mol. The minimum Gasteiger partial charge on any atom is -0.396 e. The zero-order valence-electron chi connectivity index (χ0n) is 19.5. The number of aryl methyl sites for hydroxylation is 2. The Bertz CT molecular complexity index is 1330. The van der Waals surface area contributed by atoms with Gasteiger partial charge in [0.05, 0.1) is 33.8 Å². The van der Waals surface area contributed by atoms with Crippen LogP contribution in [0, 0.1) is 19.8 Å². The van der Waals surface area contributed by atoms with Gasteiger partial charge in [0.25, 0.3) is 0 Å². The van der Waals surface area contributed by atoms with Gasteiger partial charge in [0.15, 0.2) is 0 Å². The fraction of sp³-hybridized carbons (Fsp3) is 0.360. The first kappa shape index (κ1) is 23.6. The van der Waals surface area contributed by atoms with Gasteiger partial charge in [0.2, 0.25) is 5.95 Å². The van der Waals surface area contributed by atoms with Crippen LogP contribution in [0.1, 0.15) is 23.4 Å². The fourth-order valence-electron chi connectivity index (χ4n) is 4.50. The Morgan fingerprint density at radius 3 is 2.51 bits per heavy atom. The third-order valence-electron chi connectivity index (χ3n) is 6.45. The molecule has 0 unspecified atom stereocenters. The molecule has 5 rings (SSSR count). The molecule has 0 amide bonds. The van der Waals surface area contributed by atoms with Crippen molar-refractivity contribution in [3.05, 3.63) is 59.5 Å². The zero-order chi connectivity index (χ0) is 24.5. The minimum atomic E-state index is -1.03. The van der Waals surface area contributed by atoms with Gasteiger partial charge < -0.3 is 26.0 Å². The molecule has 10 heteroatoms. The highest BCUT2D eigenvalue weighted by atomic mass is 32.1. The molecule has 4 aromatic rings. The van der Waals surface area contributed by atoms with Crippen LogP contribution in [-0.4, -0.2) is 60.1 Å². The maximum atomic E-state index is 10.6. The standard InChI is InChI=1S/C25H28N6O3S/c1-13-19(24-30-20-14(2)26-9-8-18(20)35-24)23(29-17-10-16(12-32)21(33)22(17)34)31-25(28-13)27-11-15-6-4-3-5-7-15/h3-9,16-17,21-22,32-34H,10-12H2,1-2H3,(H2,27,28,29,31)/t16-,17-,21-,22+/m1/s1. The van der Waals surface area contributed by atoms with Crippen molar-refractivity contribution in [1.82, 2.24) is 19.9 Å². The molecule has 0 saturated heterocycles. The Morgan fingerprint density at radius 1 is 1.00 bits per heavy atom. The summed E-state index contributed by atoms with van der Waals surface area (Å²) in [7, 11) is 0. The highest BCUT2D eigenvalue weighted by molar-refractivity contribution is 7.21. The van der Waals surface area contributed by atoms with E-state index in [1.165, 1.54) is 11.3 Å². The number of aromatic nitrogens is 4. The van der Waals surface area contributed by atoms with Crippen molar-refractivity contribution in [1.29, 1.82) is 0 Å². The van der Waals surface area contributed by atoms with Crippen molar-refractivity contribution in [3.8, 4) is 10.6 Å². The van der Waals surface area contributed by atoms with E-state index < -0.39 is 24.2 Å². The van der Waals surface area contributed by atoms with Crippen molar-refractivity contribution in [2.45, 2.75) is 45.1 Å².